The van der Waals surface area contributed by atoms with Crippen molar-refractivity contribution >= 4 is 5.97 Å². The van der Waals surface area contributed by atoms with Gasteiger partial charge in [-0.05, 0) is 56.3 Å². The second kappa shape index (κ2) is 10.2. The van der Waals surface area contributed by atoms with Gasteiger partial charge in [-0.25, -0.2) is 0 Å². The highest BCUT2D eigenvalue weighted by molar-refractivity contribution is 5.72. The Balaban J connectivity index is 2.08. The van der Waals surface area contributed by atoms with Crippen LogP contribution in [0.15, 0.2) is 0 Å². The van der Waals surface area contributed by atoms with Gasteiger partial charge < -0.3 is 4.74 Å². The fourth-order valence-corrected chi connectivity index (χ4v) is 3.20. The molecule has 1 rings (SSSR count). The van der Waals surface area contributed by atoms with E-state index in [1.54, 1.807) is 0 Å². The van der Waals surface area contributed by atoms with Gasteiger partial charge in [-0.1, -0.05) is 47.0 Å². The molecular formula is C19H36O2. The average Bonchev–Trinajstić information content (AvgIpc) is 2.44. The fraction of sp³-hybridized carbons (Fsp3) is 0.947. The highest BCUT2D eigenvalue weighted by atomic mass is 16.5. The molecule has 0 aromatic carbocycles. The summed E-state index contributed by atoms with van der Waals surface area (Å²) in [6.45, 7) is 9.69. The molecule has 0 amide bonds. The highest BCUT2D eigenvalue weighted by Gasteiger charge is 2.27. The number of carbonyl (C=O) groups is 1. The monoisotopic (exact) mass is 296 g/mol. The SMILES string of the molecule is CC(C)CCCCOC(=O)C1CCC(CCC(C)C)CC1. The van der Waals surface area contributed by atoms with Crippen LogP contribution in [0.2, 0.25) is 0 Å². The second-order valence-corrected chi connectivity index (χ2v) is 7.75. The van der Waals surface area contributed by atoms with Gasteiger partial charge in [0, 0.05) is 0 Å². The van der Waals surface area contributed by atoms with Crippen LogP contribution in [0.5, 0.6) is 0 Å². The maximum Gasteiger partial charge on any atom is 0.308 e. The summed E-state index contributed by atoms with van der Waals surface area (Å²) in [7, 11) is 0. The molecule has 21 heavy (non-hydrogen) atoms. The van der Waals surface area contributed by atoms with E-state index in [1.807, 2.05) is 0 Å². The Morgan fingerprint density at radius 3 is 2.14 bits per heavy atom. The standard InChI is InChI=1S/C19H36O2/c1-15(2)7-5-6-14-21-19(20)18-12-10-17(11-13-18)9-8-16(3)4/h15-18H,5-14H2,1-4H3. The molecule has 0 atom stereocenters. The molecule has 1 fully saturated rings. The van der Waals surface area contributed by atoms with Crippen LogP contribution in [-0.4, -0.2) is 12.6 Å². The van der Waals surface area contributed by atoms with Crippen molar-refractivity contribution in [3.05, 3.63) is 0 Å². The second-order valence-electron chi connectivity index (χ2n) is 7.75. The normalized spacial score (nSPS) is 22.8. The number of carbonyl (C=O) groups excluding carboxylic acids is 1. The van der Waals surface area contributed by atoms with Crippen LogP contribution in [0.3, 0.4) is 0 Å². The van der Waals surface area contributed by atoms with Gasteiger partial charge in [0.05, 0.1) is 12.5 Å². The van der Waals surface area contributed by atoms with Crippen molar-refractivity contribution < 1.29 is 9.53 Å². The molecule has 0 aromatic rings. The number of esters is 1. The van der Waals surface area contributed by atoms with Gasteiger partial charge in [0.2, 0.25) is 0 Å². The first-order valence-electron chi connectivity index (χ1n) is 9.15. The smallest absolute Gasteiger partial charge is 0.308 e. The Bertz CT molecular complexity index is 275. The summed E-state index contributed by atoms with van der Waals surface area (Å²) >= 11 is 0. The molecule has 0 N–H and O–H groups in total. The van der Waals surface area contributed by atoms with Crippen LogP contribution in [-0.2, 0) is 9.53 Å². The van der Waals surface area contributed by atoms with Gasteiger partial charge in [-0.15, -0.1) is 0 Å². The minimum atomic E-state index is 0.0712. The van der Waals surface area contributed by atoms with E-state index in [0.717, 1.165) is 37.0 Å². The van der Waals surface area contributed by atoms with Crippen LogP contribution < -0.4 is 0 Å². The van der Waals surface area contributed by atoms with E-state index in [0.29, 0.717) is 6.61 Å². The molecule has 0 aromatic heterocycles. The third-order valence-corrected chi connectivity index (χ3v) is 4.75. The summed E-state index contributed by atoms with van der Waals surface area (Å²) in [6, 6.07) is 0. The number of unbranched alkanes of at least 4 members (excludes halogenated alkanes) is 1. The summed E-state index contributed by atoms with van der Waals surface area (Å²) in [5.41, 5.74) is 0. The number of ether oxygens (including phenoxy) is 1. The first-order valence-corrected chi connectivity index (χ1v) is 9.15. The van der Waals surface area contributed by atoms with Crippen LogP contribution >= 0.6 is 0 Å². The molecule has 1 saturated carbocycles. The molecule has 2 heteroatoms. The Kier molecular flexibility index (Phi) is 9.03. The molecule has 0 heterocycles. The number of rotatable bonds is 9. The quantitative estimate of drug-likeness (QED) is 0.409. The molecule has 0 bridgehead atoms. The Hall–Kier alpha value is -0.530. The van der Waals surface area contributed by atoms with E-state index in [4.69, 9.17) is 4.74 Å². The van der Waals surface area contributed by atoms with E-state index in [-0.39, 0.29) is 11.9 Å². The lowest BCUT2D eigenvalue weighted by Crippen LogP contribution is -2.24. The fourth-order valence-electron chi connectivity index (χ4n) is 3.20. The Labute approximate surface area is 132 Å². The van der Waals surface area contributed by atoms with Crippen LogP contribution in [0.1, 0.15) is 85.5 Å². The van der Waals surface area contributed by atoms with Gasteiger partial charge >= 0.3 is 5.97 Å². The Morgan fingerprint density at radius 1 is 0.952 bits per heavy atom. The topological polar surface area (TPSA) is 26.3 Å². The first-order chi connectivity index (χ1) is 9.99. The molecule has 124 valence electrons. The van der Waals surface area contributed by atoms with Gasteiger partial charge in [-0.3, -0.25) is 4.79 Å². The molecule has 0 radical (unpaired) electrons. The zero-order valence-electron chi connectivity index (χ0n) is 14.7. The van der Waals surface area contributed by atoms with Crippen molar-refractivity contribution in [1.29, 1.82) is 0 Å². The Morgan fingerprint density at radius 2 is 1.57 bits per heavy atom. The van der Waals surface area contributed by atoms with Crippen LogP contribution in [0.25, 0.3) is 0 Å². The average molecular weight is 296 g/mol. The summed E-state index contributed by atoms with van der Waals surface area (Å²) in [5, 5.41) is 0. The van der Waals surface area contributed by atoms with Crippen molar-refractivity contribution in [2.45, 2.75) is 85.5 Å². The lowest BCUT2D eigenvalue weighted by Gasteiger charge is -2.27. The van der Waals surface area contributed by atoms with E-state index < -0.39 is 0 Å². The highest BCUT2D eigenvalue weighted by Crippen LogP contribution is 2.33. The molecule has 0 spiro atoms. The zero-order chi connectivity index (χ0) is 15.7. The van der Waals surface area contributed by atoms with E-state index in [2.05, 4.69) is 27.7 Å². The minimum Gasteiger partial charge on any atom is -0.465 e. The lowest BCUT2D eigenvalue weighted by molar-refractivity contribution is -0.150. The van der Waals surface area contributed by atoms with Crippen molar-refractivity contribution in [3.8, 4) is 0 Å². The molecule has 0 unspecified atom stereocenters. The van der Waals surface area contributed by atoms with Gasteiger partial charge in [0.25, 0.3) is 0 Å². The van der Waals surface area contributed by atoms with Gasteiger partial charge in [0.1, 0.15) is 0 Å². The summed E-state index contributed by atoms with van der Waals surface area (Å²) < 4.78 is 5.46. The van der Waals surface area contributed by atoms with Crippen molar-refractivity contribution in [1.82, 2.24) is 0 Å². The summed E-state index contributed by atoms with van der Waals surface area (Å²) in [6.07, 6.45) is 10.6. The number of hydrogen-bond acceptors (Lipinski definition) is 2. The molecule has 2 nitrogen and oxygen atoms in total. The summed E-state index contributed by atoms with van der Waals surface area (Å²) in [5.74, 6) is 2.66. The third-order valence-electron chi connectivity index (χ3n) is 4.75. The van der Waals surface area contributed by atoms with Gasteiger partial charge in [0.15, 0.2) is 0 Å². The van der Waals surface area contributed by atoms with Crippen molar-refractivity contribution in [2.75, 3.05) is 6.61 Å². The summed E-state index contributed by atoms with van der Waals surface area (Å²) in [4.78, 5) is 12.0. The predicted molar refractivity (Wildman–Crippen MR) is 89.2 cm³/mol. The van der Waals surface area contributed by atoms with Crippen LogP contribution in [0, 0.1) is 23.7 Å². The third kappa shape index (κ3) is 8.48. The van der Waals surface area contributed by atoms with E-state index >= 15 is 0 Å². The zero-order valence-corrected chi connectivity index (χ0v) is 14.7. The van der Waals surface area contributed by atoms with Gasteiger partial charge in [-0.2, -0.15) is 0 Å². The maximum absolute atomic E-state index is 12.0. The predicted octanol–water partition coefficient (Wildman–Crippen LogP) is 5.60. The van der Waals surface area contributed by atoms with Crippen molar-refractivity contribution in [2.24, 2.45) is 23.7 Å². The number of hydrogen-bond donors (Lipinski definition) is 0. The molecule has 1 aliphatic carbocycles. The lowest BCUT2D eigenvalue weighted by atomic mass is 9.79. The van der Waals surface area contributed by atoms with E-state index in [9.17, 15) is 4.79 Å². The first kappa shape index (κ1) is 18.5. The molecule has 0 saturated heterocycles. The van der Waals surface area contributed by atoms with E-state index in [1.165, 1.54) is 38.5 Å². The molecule has 0 aliphatic heterocycles. The minimum absolute atomic E-state index is 0.0712. The van der Waals surface area contributed by atoms with Crippen molar-refractivity contribution in [3.63, 3.8) is 0 Å². The largest absolute Gasteiger partial charge is 0.465 e. The molecular weight excluding hydrogens is 260 g/mol. The maximum atomic E-state index is 12.0. The molecule has 1 aliphatic rings. The van der Waals surface area contributed by atoms with Crippen LogP contribution in [0.4, 0.5) is 0 Å².